The van der Waals surface area contributed by atoms with Crippen molar-refractivity contribution in [3.05, 3.63) is 63.6 Å². The molecule has 0 aliphatic carbocycles. The van der Waals surface area contributed by atoms with Gasteiger partial charge in [0.05, 0.1) is 17.6 Å². The van der Waals surface area contributed by atoms with E-state index in [9.17, 15) is 8.78 Å². The van der Waals surface area contributed by atoms with E-state index in [0.29, 0.717) is 11.3 Å². The Balaban J connectivity index is 2.49. The normalized spacial score (nSPS) is 12.2. The Morgan fingerprint density at radius 3 is 2.65 bits per heavy atom. The highest BCUT2D eigenvalue weighted by Crippen LogP contribution is 2.32. The molecule has 2 rings (SSSR count). The van der Waals surface area contributed by atoms with Crippen LogP contribution in [0.4, 0.5) is 8.78 Å². The van der Waals surface area contributed by atoms with Crippen molar-refractivity contribution in [2.24, 2.45) is 5.84 Å². The molecule has 2 aromatic rings. The van der Waals surface area contributed by atoms with Gasteiger partial charge < -0.3 is 4.74 Å². The van der Waals surface area contributed by atoms with Gasteiger partial charge in [-0.3, -0.25) is 5.84 Å². The van der Waals surface area contributed by atoms with E-state index in [4.69, 9.17) is 10.6 Å². The van der Waals surface area contributed by atoms with E-state index in [1.54, 1.807) is 25.3 Å². The Hall–Kier alpha value is -1.50. The quantitative estimate of drug-likeness (QED) is 0.509. The van der Waals surface area contributed by atoms with Gasteiger partial charge >= 0.3 is 0 Å². The lowest BCUT2D eigenvalue weighted by atomic mass is 9.99. The minimum absolute atomic E-state index is 0.0447. The Morgan fingerprint density at radius 2 is 2.00 bits per heavy atom. The zero-order chi connectivity index (χ0) is 14.7. The van der Waals surface area contributed by atoms with E-state index in [0.717, 1.165) is 11.6 Å². The van der Waals surface area contributed by atoms with Crippen molar-refractivity contribution < 1.29 is 13.5 Å². The van der Waals surface area contributed by atoms with E-state index in [-0.39, 0.29) is 4.47 Å². The van der Waals surface area contributed by atoms with Gasteiger partial charge in [-0.25, -0.2) is 14.2 Å². The zero-order valence-corrected chi connectivity index (χ0v) is 12.2. The fraction of sp³-hybridized carbons (Fsp3) is 0.143. The van der Waals surface area contributed by atoms with Crippen molar-refractivity contribution in [1.82, 2.24) is 5.43 Å². The van der Waals surface area contributed by atoms with Crippen LogP contribution in [0.15, 0.2) is 40.9 Å². The van der Waals surface area contributed by atoms with Gasteiger partial charge in [-0.1, -0.05) is 18.2 Å². The van der Waals surface area contributed by atoms with Crippen molar-refractivity contribution in [2.45, 2.75) is 6.04 Å². The standard InChI is InChI=1S/C14H13BrF2N2O/c1-20-9-4-2-3-8(7-9)14(19-18)10-5-6-11(16)13(17)12(10)15/h2-7,14,19H,18H2,1H3. The first-order chi connectivity index (χ1) is 9.58. The molecule has 0 radical (unpaired) electrons. The maximum absolute atomic E-state index is 13.6. The zero-order valence-electron chi connectivity index (χ0n) is 10.7. The average molecular weight is 343 g/mol. The molecule has 0 heterocycles. The molecule has 0 aliphatic rings. The maximum Gasteiger partial charge on any atom is 0.173 e. The lowest BCUT2D eigenvalue weighted by Gasteiger charge is -2.19. The van der Waals surface area contributed by atoms with Crippen LogP contribution in [0.2, 0.25) is 0 Å². The number of hydrogen-bond donors (Lipinski definition) is 2. The van der Waals surface area contributed by atoms with Gasteiger partial charge in [0.15, 0.2) is 11.6 Å². The van der Waals surface area contributed by atoms with Crippen LogP contribution in [-0.2, 0) is 0 Å². The van der Waals surface area contributed by atoms with E-state index in [2.05, 4.69) is 21.4 Å². The SMILES string of the molecule is COc1cccc(C(NN)c2ccc(F)c(F)c2Br)c1. The van der Waals surface area contributed by atoms with Gasteiger partial charge in [0.1, 0.15) is 5.75 Å². The third kappa shape index (κ3) is 2.82. The van der Waals surface area contributed by atoms with Crippen molar-refractivity contribution in [1.29, 1.82) is 0 Å². The van der Waals surface area contributed by atoms with Crippen LogP contribution in [0.3, 0.4) is 0 Å². The van der Waals surface area contributed by atoms with Gasteiger partial charge in [0.2, 0.25) is 0 Å². The highest BCUT2D eigenvalue weighted by atomic mass is 79.9. The molecule has 1 atom stereocenters. The van der Waals surface area contributed by atoms with Crippen molar-refractivity contribution in [3.63, 3.8) is 0 Å². The third-order valence-corrected chi connectivity index (χ3v) is 3.78. The molecule has 20 heavy (non-hydrogen) atoms. The molecule has 0 amide bonds. The predicted octanol–water partition coefficient (Wildman–Crippen LogP) is 3.29. The number of halogens is 3. The molecule has 106 valence electrons. The molecule has 0 aliphatic heterocycles. The molecule has 0 saturated carbocycles. The van der Waals surface area contributed by atoms with E-state index in [1.165, 1.54) is 6.07 Å². The van der Waals surface area contributed by atoms with Crippen LogP contribution in [-0.4, -0.2) is 7.11 Å². The summed E-state index contributed by atoms with van der Waals surface area (Å²) in [6.45, 7) is 0. The highest BCUT2D eigenvalue weighted by molar-refractivity contribution is 9.10. The van der Waals surface area contributed by atoms with Crippen LogP contribution >= 0.6 is 15.9 Å². The first-order valence-electron chi connectivity index (χ1n) is 5.82. The van der Waals surface area contributed by atoms with Gasteiger partial charge in [0, 0.05) is 0 Å². The summed E-state index contributed by atoms with van der Waals surface area (Å²) in [6.07, 6.45) is 0. The number of benzene rings is 2. The van der Waals surface area contributed by atoms with Crippen LogP contribution < -0.4 is 16.0 Å². The van der Waals surface area contributed by atoms with Crippen molar-refractivity contribution in [2.75, 3.05) is 7.11 Å². The topological polar surface area (TPSA) is 47.3 Å². The highest BCUT2D eigenvalue weighted by Gasteiger charge is 2.20. The number of methoxy groups -OCH3 is 1. The minimum atomic E-state index is -0.939. The van der Waals surface area contributed by atoms with E-state index < -0.39 is 17.7 Å². The molecule has 1 unspecified atom stereocenters. The average Bonchev–Trinajstić information content (AvgIpc) is 2.48. The summed E-state index contributed by atoms with van der Waals surface area (Å²) in [4.78, 5) is 0. The molecule has 3 nitrogen and oxygen atoms in total. The monoisotopic (exact) mass is 342 g/mol. The van der Waals surface area contributed by atoms with Gasteiger partial charge in [-0.15, -0.1) is 0 Å². The van der Waals surface area contributed by atoms with Gasteiger partial charge in [-0.05, 0) is 45.3 Å². The molecule has 3 N–H and O–H groups in total. The van der Waals surface area contributed by atoms with Crippen LogP contribution in [0.5, 0.6) is 5.75 Å². The van der Waals surface area contributed by atoms with Crippen LogP contribution in [0.1, 0.15) is 17.2 Å². The smallest absolute Gasteiger partial charge is 0.173 e. The summed E-state index contributed by atoms with van der Waals surface area (Å²) < 4.78 is 32.0. The summed E-state index contributed by atoms with van der Waals surface area (Å²) in [6, 6.07) is 9.24. The molecule has 6 heteroatoms. The molecule has 0 spiro atoms. The number of hydrazine groups is 1. The molecule has 0 aromatic heterocycles. The first kappa shape index (κ1) is 14.9. The van der Waals surface area contributed by atoms with Crippen molar-refractivity contribution >= 4 is 15.9 Å². The molecule has 0 bridgehead atoms. The summed E-state index contributed by atoms with van der Waals surface area (Å²) in [5.74, 6) is 4.36. The fourth-order valence-electron chi connectivity index (χ4n) is 1.95. The van der Waals surface area contributed by atoms with Crippen LogP contribution in [0.25, 0.3) is 0 Å². The van der Waals surface area contributed by atoms with Gasteiger partial charge in [-0.2, -0.15) is 0 Å². The Morgan fingerprint density at radius 1 is 1.25 bits per heavy atom. The van der Waals surface area contributed by atoms with E-state index >= 15 is 0 Å². The molecular weight excluding hydrogens is 330 g/mol. The third-order valence-electron chi connectivity index (χ3n) is 2.97. The molecule has 0 saturated heterocycles. The second kappa shape index (κ2) is 6.30. The minimum Gasteiger partial charge on any atom is -0.497 e. The number of nitrogens with two attached hydrogens (primary N) is 1. The summed E-state index contributed by atoms with van der Waals surface area (Å²) >= 11 is 3.06. The molecular formula is C14H13BrF2N2O. The van der Waals surface area contributed by atoms with Crippen LogP contribution in [0, 0.1) is 11.6 Å². The first-order valence-corrected chi connectivity index (χ1v) is 6.61. The number of ether oxygens (including phenoxy) is 1. The number of nitrogens with one attached hydrogen (secondary N) is 1. The Bertz CT molecular complexity index is 622. The Kier molecular flexibility index (Phi) is 4.69. The van der Waals surface area contributed by atoms with Gasteiger partial charge in [0.25, 0.3) is 0 Å². The summed E-state index contributed by atoms with van der Waals surface area (Å²) in [7, 11) is 1.55. The summed E-state index contributed by atoms with van der Waals surface area (Å²) in [5.41, 5.74) is 3.87. The van der Waals surface area contributed by atoms with Crippen molar-refractivity contribution in [3.8, 4) is 5.75 Å². The maximum atomic E-state index is 13.6. The van der Waals surface area contributed by atoms with E-state index in [1.807, 2.05) is 6.07 Å². The predicted molar refractivity (Wildman–Crippen MR) is 76.2 cm³/mol. The summed E-state index contributed by atoms with van der Waals surface area (Å²) in [5, 5.41) is 0. The molecule has 0 fully saturated rings. The lowest BCUT2D eigenvalue weighted by Crippen LogP contribution is -2.29. The number of hydrogen-bond acceptors (Lipinski definition) is 3. The Labute approximate surface area is 123 Å². The lowest BCUT2D eigenvalue weighted by molar-refractivity contribution is 0.413. The fourth-order valence-corrected chi connectivity index (χ4v) is 2.50. The second-order valence-corrected chi connectivity index (χ2v) is 4.93. The largest absolute Gasteiger partial charge is 0.497 e. The molecule has 2 aromatic carbocycles. The number of rotatable bonds is 4. The second-order valence-electron chi connectivity index (χ2n) is 4.14.